The second-order valence-electron chi connectivity index (χ2n) is 7.25. The lowest BCUT2D eigenvalue weighted by Crippen LogP contribution is -2.45. The lowest BCUT2D eigenvalue weighted by Gasteiger charge is -2.32. The second-order valence-corrected chi connectivity index (χ2v) is 8.90. The molecule has 0 aromatic heterocycles. The molecule has 5 heteroatoms. The van der Waals surface area contributed by atoms with Crippen LogP contribution in [0.4, 0.5) is 0 Å². The summed E-state index contributed by atoms with van der Waals surface area (Å²) in [7, 11) is -3.46. The van der Waals surface area contributed by atoms with Gasteiger partial charge in [0.2, 0.25) is 10.0 Å². The number of likely N-dealkylation sites (tertiary alicyclic amines) is 1. The maximum atomic E-state index is 12.9. The third kappa shape index (κ3) is 3.47. The van der Waals surface area contributed by atoms with Crippen LogP contribution in [0.3, 0.4) is 0 Å². The van der Waals surface area contributed by atoms with Crippen molar-refractivity contribution in [1.82, 2.24) is 9.62 Å². The molecule has 0 spiro atoms. The standard InChI is InChI=1S/C18H28N2O2S/c1-12-11-13(2)15(4)18(14(12)3)23(21,22)19-16-7-9-20(10-8-16)17-5-6-17/h11,16-17,19H,5-10H2,1-4H3. The molecule has 128 valence electrons. The predicted molar refractivity (Wildman–Crippen MR) is 93.3 cm³/mol. The van der Waals surface area contributed by atoms with Gasteiger partial charge in [-0.15, -0.1) is 0 Å². The minimum Gasteiger partial charge on any atom is -0.300 e. The molecule has 0 radical (unpaired) electrons. The van der Waals surface area contributed by atoms with Crippen LogP contribution in [-0.2, 0) is 10.0 Å². The zero-order valence-corrected chi connectivity index (χ0v) is 15.5. The van der Waals surface area contributed by atoms with E-state index < -0.39 is 10.0 Å². The highest BCUT2D eigenvalue weighted by molar-refractivity contribution is 7.89. The SMILES string of the molecule is Cc1cc(C)c(C)c(S(=O)(=O)NC2CCN(C3CC3)CC2)c1C. The van der Waals surface area contributed by atoms with E-state index >= 15 is 0 Å². The fourth-order valence-corrected chi connectivity index (χ4v) is 5.60. The molecule has 3 rings (SSSR count). The smallest absolute Gasteiger partial charge is 0.241 e. The first-order valence-electron chi connectivity index (χ1n) is 8.63. The number of benzene rings is 1. The Kier molecular flexibility index (Phi) is 4.55. The van der Waals surface area contributed by atoms with Gasteiger partial charge in [-0.05, 0) is 88.7 Å². The van der Waals surface area contributed by atoms with Crippen LogP contribution < -0.4 is 4.72 Å². The van der Waals surface area contributed by atoms with Crippen molar-refractivity contribution in [2.75, 3.05) is 13.1 Å². The number of hydrogen-bond acceptors (Lipinski definition) is 3. The van der Waals surface area contributed by atoms with Crippen LogP contribution in [0.2, 0.25) is 0 Å². The molecule has 0 atom stereocenters. The third-order valence-electron chi connectivity index (χ3n) is 5.48. The summed E-state index contributed by atoms with van der Waals surface area (Å²) in [5, 5.41) is 0. The second kappa shape index (κ2) is 6.19. The van der Waals surface area contributed by atoms with Gasteiger partial charge >= 0.3 is 0 Å². The monoisotopic (exact) mass is 336 g/mol. The van der Waals surface area contributed by atoms with E-state index in [-0.39, 0.29) is 6.04 Å². The number of hydrogen-bond donors (Lipinski definition) is 1. The normalized spacial score (nSPS) is 20.9. The van der Waals surface area contributed by atoms with Crippen LogP contribution in [0.15, 0.2) is 11.0 Å². The molecule has 1 aromatic rings. The highest BCUT2D eigenvalue weighted by Gasteiger charge is 2.33. The van der Waals surface area contributed by atoms with Crippen LogP contribution in [0.1, 0.15) is 47.9 Å². The van der Waals surface area contributed by atoms with Crippen LogP contribution >= 0.6 is 0 Å². The molecule has 0 unspecified atom stereocenters. The van der Waals surface area contributed by atoms with E-state index in [1.165, 1.54) is 12.8 Å². The van der Waals surface area contributed by atoms with Gasteiger partial charge in [-0.1, -0.05) is 6.07 Å². The number of nitrogens with one attached hydrogen (secondary N) is 1. The molecule has 23 heavy (non-hydrogen) atoms. The average Bonchev–Trinajstić information content (AvgIpc) is 3.30. The van der Waals surface area contributed by atoms with Gasteiger partial charge < -0.3 is 4.90 Å². The Morgan fingerprint density at radius 2 is 1.48 bits per heavy atom. The zero-order valence-electron chi connectivity index (χ0n) is 14.6. The first-order valence-corrected chi connectivity index (χ1v) is 10.1. The van der Waals surface area contributed by atoms with Crippen LogP contribution in [0, 0.1) is 27.7 Å². The maximum Gasteiger partial charge on any atom is 0.241 e. The van der Waals surface area contributed by atoms with Crippen molar-refractivity contribution in [2.45, 2.75) is 70.4 Å². The minimum atomic E-state index is -3.46. The van der Waals surface area contributed by atoms with Gasteiger partial charge in [0.25, 0.3) is 0 Å². The predicted octanol–water partition coefficient (Wildman–Crippen LogP) is 2.83. The quantitative estimate of drug-likeness (QED) is 0.920. The molecule has 2 aliphatic rings. The Balaban J connectivity index is 1.77. The summed E-state index contributed by atoms with van der Waals surface area (Å²) in [6.45, 7) is 9.81. The molecular formula is C18H28N2O2S. The van der Waals surface area contributed by atoms with E-state index in [1.807, 2.05) is 27.7 Å². The summed E-state index contributed by atoms with van der Waals surface area (Å²) in [5.74, 6) is 0. The Morgan fingerprint density at radius 3 is 1.96 bits per heavy atom. The molecule has 2 fully saturated rings. The van der Waals surface area contributed by atoms with Gasteiger partial charge in [0.1, 0.15) is 0 Å². The van der Waals surface area contributed by atoms with E-state index in [0.29, 0.717) is 4.90 Å². The summed E-state index contributed by atoms with van der Waals surface area (Å²) in [5.41, 5.74) is 3.82. The summed E-state index contributed by atoms with van der Waals surface area (Å²) in [4.78, 5) is 3.00. The molecule has 0 amide bonds. The van der Waals surface area contributed by atoms with Crippen molar-refractivity contribution in [1.29, 1.82) is 0 Å². The third-order valence-corrected chi connectivity index (χ3v) is 7.27. The lowest BCUT2D eigenvalue weighted by molar-refractivity contribution is 0.199. The van der Waals surface area contributed by atoms with Gasteiger partial charge in [0, 0.05) is 12.1 Å². The Bertz CT molecular complexity index is 674. The minimum absolute atomic E-state index is 0.0645. The highest BCUT2D eigenvalue weighted by atomic mass is 32.2. The number of sulfonamides is 1. The molecule has 1 aliphatic heterocycles. The number of nitrogens with zero attached hydrogens (tertiary/aromatic N) is 1. The van der Waals surface area contributed by atoms with Crippen molar-refractivity contribution >= 4 is 10.0 Å². The van der Waals surface area contributed by atoms with Crippen molar-refractivity contribution in [3.8, 4) is 0 Å². The first-order chi connectivity index (χ1) is 10.8. The van der Waals surface area contributed by atoms with E-state index in [9.17, 15) is 8.42 Å². The highest BCUT2D eigenvalue weighted by Crippen LogP contribution is 2.30. The first kappa shape index (κ1) is 16.9. The molecule has 1 N–H and O–H groups in total. The summed E-state index contributed by atoms with van der Waals surface area (Å²) < 4.78 is 28.9. The average molecular weight is 337 g/mol. The van der Waals surface area contributed by atoms with Crippen LogP contribution in [0.5, 0.6) is 0 Å². The number of aryl methyl sites for hydroxylation is 2. The van der Waals surface area contributed by atoms with Gasteiger partial charge in [-0.25, -0.2) is 13.1 Å². The molecule has 1 heterocycles. The van der Waals surface area contributed by atoms with E-state index in [2.05, 4.69) is 15.7 Å². The Labute approximate surface area is 140 Å². The molecule has 1 saturated heterocycles. The molecule has 0 bridgehead atoms. The molecule has 4 nitrogen and oxygen atoms in total. The Hall–Kier alpha value is -0.910. The maximum absolute atomic E-state index is 12.9. The van der Waals surface area contributed by atoms with Crippen LogP contribution in [0.25, 0.3) is 0 Å². The fraction of sp³-hybridized carbons (Fsp3) is 0.667. The van der Waals surface area contributed by atoms with Gasteiger partial charge in [0.15, 0.2) is 0 Å². The van der Waals surface area contributed by atoms with Gasteiger partial charge in [-0.3, -0.25) is 0 Å². The molecule has 1 aromatic carbocycles. The molecule has 1 saturated carbocycles. The van der Waals surface area contributed by atoms with E-state index in [1.54, 1.807) is 0 Å². The van der Waals surface area contributed by atoms with Crippen molar-refractivity contribution in [2.24, 2.45) is 0 Å². The largest absolute Gasteiger partial charge is 0.300 e. The van der Waals surface area contributed by atoms with Crippen molar-refractivity contribution in [3.05, 3.63) is 28.3 Å². The van der Waals surface area contributed by atoms with Gasteiger partial charge in [0.05, 0.1) is 4.90 Å². The van der Waals surface area contributed by atoms with Crippen LogP contribution in [-0.4, -0.2) is 38.5 Å². The van der Waals surface area contributed by atoms with Gasteiger partial charge in [-0.2, -0.15) is 0 Å². The number of rotatable bonds is 4. The number of piperidine rings is 1. The summed E-state index contributed by atoms with van der Waals surface area (Å²) >= 11 is 0. The fourth-order valence-electron chi connectivity index (χ4n) is 3.68. The lowest BCUT2D eigenvalue weighted by atomic mass is 10.0. The van der Waals surface area contributed by atoms with E-state index in [4.69, 9.17) is 0 Å². The molecule has 1 aliphatic carbocycles. The Morgan fingerprint density at radius 1 is 0.957 bits per heavy atom. The van der Waals surface area contributed by atoms with Crippen molar-refractivity contribution < 1.29 is 8.42 Å². The van der Waals surface area contributed by atoms with Crippen molar-refractivity contribution in [3.63, 3.8) is 0 Å². The zero-order chi connectivity index (χ0) is 16.8. The summed E-state index contributed by atoms with van der Waals surface area (Å²) in [6, 6.07) is 2.91. The van der Waals surface area contributed by atoms with E-state index in [0.717, 1.165) is 54.2 Å². The molecular weight excluding hydrogens is 308 g/mol. The topological polar surface area (TPSA) is 49.4 Å². The summed E-state index contributed by atoms with van der Waals surface area (Å²) in [6.07, 6.45) is 4.46.